The van der Waals surface area contributed by atoms with E-state index in [0.717, 1.165) is 37.8 Å². The van der Waals surface area contributed by atoms with Gasteiger partial charge in [-0.1, -0.05) is 29.8 Å². The highest BCUT2D eigenvalue weighted by molar-refractivity contribution is 5.80. The van der Waals surface area contributed by atoms with Gasteiger partial charge in [0.1, 0.15) is 5.75 Å². The highest BCUT2D eigenvalue weighted by Crippen LogP contribution is 2.20. The summed E-state index contributed by atoms with van der Waals surface area (Å²) < 4.78 is 5.21. The van der Waals surface area contributed by atoms with Crippen LogP contribution in [0.2, 0.25) is 0 Å². The topological polar surface area (TPSA) is 48.9 Å². The largest absolute Gasteiger partial charge is 0.497 e. The lowest BCUT2D eigenvalue weighted by atomic mass is 10.2. The molecule has 0 saturated carbocycles. The summed E-state index contributed by atoms with van der Waals surface area (Å²) in [5.74, 6) is 1.75. The van der Waals surface area contributed by atoms with Gasteiger partial charge in [-0.25, -0.2) is 4.99 Å². The van der Waals surface area contributed by atoms with Crippen molar-refractivity contribution in [2.24, 2.45) is 4.99 Å². The Bertz CT molecular complexity index is 740. The summed E-state index contributed by atoms with van der Waals surface area (Å²) in [6.07, 6.45) is 1.11. The smallest absolute Gasteiger partial charge is 0.191 e. The maximum absolute atomic E-state index is 5.21. The predicted octanol–water partition coefficient (Wildman–Crippen LogP) is 3.34. The van der Waals surface area contributed by atoms with Gasteiger partial charge < -0.3 is 20.3 Å². The van der Waals surface area contributed by atoms with Gasteiger partial charge in [-0.3, -0.25) is 0 Å². The summed E-state index contributed by atoms with van der Waals surface area (Å²) in [6.45, 7) is 7.78. The van der Waals surface area contributed by atoms with Crippen LogP contribution in [0.3, 0.4) is 0 Å². The van der Waals surface area contributed by atoms with Crippen LogP contribution in [0.1, 0.15) is 24.5 Å². The second-order valence-electron chi connectivity index (χ2n) is 6.95. The molecule has 1 atom stereocenters. The molecule has 5 heteroatoms. The van der Waals surface area contributed by atoms with Gasteiger partial charge in [0.25, 0.3) is 0 Å². The van der Waals surface area contributed by atoms with Crippen LogP contribution in [0.25, 0.3) is 0 Å². The van der Waals surface area contributed by atoms with Crippen molar-refractivity contribution in [1.29, 1.82) is 0 Å². The number of nitrogens with one attached hydrogen (secondary N) is 2. The van der Waals surface area contributed by atoms with Gasteiger partial charge >= 0.3 is 0 Å². The highest BCUT2D eigenvalue weighted by Gasteiger charge is 2.23. The molecule has 2 aromatic carbocycles. The van der Waals surface area contributed by atoms with E-state index < -0.39 is 0 Å². The molecule has 1 saturated heterocycles. The molecular formula is C22H30N4O. The third-order valence-corrected chi connectivity index (χ3v) is 4.85. The number of aliphatic imine (C=N–C) groups is 1. The minimum absolute atomic E-state index is 0.403. The van der Waals surface area contributed by atoms with E-state index in [0.29, 0.717) is 12.6 Å². The van der Waals surface area contributed by atoms with E-state index >= 15 is 0 Å². The molecule has 1 aliphatic heterocycles. The molecule has 0 spiro atoms. The average molecular weight is 367 g/mol. The molecule has 2 N–H and O–H groups in total. The number of nitrogens with zero attached hydrogens (tertiary/aromatic N) is 2. The minimum atomic E-state index is 0.403. The van der Waals surface area contributed by atoms with E-state index in [1.165, 1.54) is 16.8 Å². The van der Waals surface area contributed by atoms with Gasteiger partial charge in [-0.2, -0.15) is 0 Å². The van der Waals surface area contributed by atoms with Crippen molar-refractivity contribution >= 4 is 11.6 Å². The molecule has 144 valence electrons. The summed E-state index contributed by atoms with van der Waals surface area (Å²) >= 11 is 0. The van der Waals surface area contributed by atoms with Crippen LogP contribution in [0.4, 0.5) is 5.69 Å². The number of hydrogen-bond acceptors (Lipinski definition) is 3. The molecule has 3 rings (SSSR count). The van der Waals surface area contributed by atoms with Crippen LogP contribution < -0.4 is 20.3 Å². The Labute approximate surface area is 162 Å². The third-order valence-electron chi connectivity index (χ3n) is 4.85. The Morgan fingerprint density at radius 2 is 1.89 bits per heavy atom. The predicted molar refractivity (Wildman–Crippen MR) is 113 cm³/mol. The fraction of sp³-hybridized carbons (Fsp3) is 0.409. The lowest BCUT2D eigenvalue weighted by Crippen LogP contribution is -2.44. The van der Waals surface area contributed by atoms with Crippen molar-refractivity contribution in [2.75, 3.05) is 31.6 Å². The van der Waals surface area contributed by atoms with Crippen molar-refractivity contribution in [3.05, 3.63) is 59.7 Å². The van der Waals surface area contributed by atoms with Gasteiger partial charge in [-0.05, 0) is 50.1 Å². The Kier molecular flexibility index (Phi) is 6.58. The second kappa shape index (κ2) is 9.31. The van der Waals surface area contributed by atoms with E-state index in [9.17, 15) is 0 Å². The summed E-state index contributed by atoms with van der Waals surface area (Å²) in [6, 6.07) is 17.2. The van der Waals surface area contributed by atoms with Crippen LogP contribution in [-0.4, -0.2) is 38.7 Å². The minimum Gasteiger partial charge on any atom is -0.497 e. The average Bonchev–Trinajstić information content (AvgIpc) is 3.16. The second-order valence-corrected chi connectivity index (χ2v) is 6.95. The first kappa shape index (κ1) is 19.1. The number of benzene rings is 2. The molecule has 1 unspecified atom stereocenters. The van der Waals surface area contributed by atoms with E-state index in [1.807, 2.05) is 12.1 Å². The molecule has 0 aliphatic carbocycles. The fourth-order valence-electron chi connectivity index (χ4n) is 3.28. The van der Waals surface area contributed by atoms with Crippen molar-refractivity contribution in [1.82, 2.24) is 10.6 Å². The third kappa shape index (κ3) is 5.39. The van der Waals surface area contributed by atoms with E-state index in [2.05, 4.69) is 65.8 Å². The Balaban J connectivity index is 1.57. The molecule has 1 aliphatic rings. The first-order valence-corrected chi connectivity index (χ1v) is 9.67. The number of guanidine groups is 1. The van der Waals surface area contributed by atoms with Crippen molar-refractivity contribution in [3.63, 3.8) is 0 Å². The van der Waals surface area contributed by atoms with Crippen LogP contribution >= 0.6 is 0 Å². The van der Waals surface area contributed by atoms with Crippen molar-refractivity contribution < 1.29 is 4.74 Å². The van der Waals surface area contributed by atoms with Crippen LogP contribution in [0.5, 0.6) is 5.75 Å². The fourth-order valence-corrected chi connectivity index (χ4v) is 3.28. The molecule has 27 heavy (non-hydrogen) atoms. The van der Waals surface area contributed by atoms with Crippen LogP contribution in [-0.2, 0) is 6.54 Å². The SMILES string of the molecule is CCNC(=NCc1ccc(OC)cc1)NC1CCN(c2ccc(C)cc2)C1. The summed E-state index contributed by atoms with van der Waals surface area (Å²) in [5.41, 5.74) is 3.76. The molecule has 0 aromatic heterocycles. The number of rotatable bonds is 6. The zero-order chi connectivity index (χ0) is 19.1. The Hall–Kier alpha value is -2.69. The Morgan fingerprint density at radius 3 is 2.56 bits per heavy atom. The normalized spacial score (nSPS) is 17.1. The standard InChI is InChI=1S/C22H30N4O/c1-4-23-22(24-15-18-7-11-21(27-3)12-8-18)25-19-13-14-26(16-19)20-9-5-17(2)6-10-20/h5-12,19H,4,13-16H2,1-3H3,(H2,23,24,25). The first-order chi connectivity index (χ1) is 13.2. The van der Waals surface area contributed by atoms with Gasteiger partial charge in [-0.15, -0.1) is 0 Å². The van der Waals surface area contributed by atoms with Gasteiger partial charge in [0.15, 0.2) is 5.96 Å². The van der Waals surface area contributed by atoms with E-state index in [1.54, 1.807) is 7.11 Å². The first-order valence-electron chi connectivity index (χ1n) is 9.67. The summed E-state index contributed by atoms with van der Waals surface area (Å²) in [4.78, 5) is 7.18. The maximum Gasteiger partial charge on any atom is 0.191 e. The lowest BCUT2D eigenvalue weighted by molar-refractivity contribution is 0.414. The molecular weight excluding hydrogens is 336 g/mol. The zero-order valence-corrected chi connectivity index (χ0v) is 16.5. The van der Waals surface area contributed by atoms with Crippen LogP contribution in [0, 0.1) is 6.92 Å². The summed E-state index contributed by atoms with van der Waals surface area (Å²) in [5, 5.41) is 6.95. The number of anilines is 1. The quantitative estimate of drug-likeness (QED) is 0.608. The molecule has 5 nitrogen and oxygen atoms in total. The number of ether oxygens (including phenoxy) is 1. The van der Waals surface area contributed by atoms with Gasteiger partial charge in [0, 0.05) is 31.4 Å². The highest BCUT2D eigenvalue weighted by atomic mass is 16.5. The van der Waals surface area contributed by atoms with Crippen LogP contribution in [0.15, 0.2) is 53.5 Å². The lowest BCUT2D eigenvalue weighted by Gasteiger charge is -2.20. The number of aryl methyl sites for hydroxylation is 1. The Morgan fingerprint density at radius 1 is 1.15 bits per heavy atom. The van der Waals surface area contributed by atoms with E-state index in [4.69, 9.17) is 9.73 Å². The molecule has 0 radical (unpaired) electrons. The molecule has 0 bridgehead atoms. The number of hydrogen-bond donors (Lipinski definition) is 2. The van der Waals surface area contributed by atoms with Gasteiger partial charge in [0.05, 0.1) is 13.7 Å². The number of methoxy groups -OCH3 is 1. The molecule has 1 heterocycles. The molecule has 2 aromatic rings. The maximum atomic E-state index is 5.21. The van der Waals surface area contributed by atoms with Gasteiger partial charge in [0.2, 0.25) is 0 Å². The molecule has 1 fully saturated rings. The van der Waals surface area contributed by atoms with E-state index in [-0.39, 0.29) is 0 Å². The monoisotopic (exact) mass is 366 g/mol. The van der Waals surface area contributed by atoms with Crippen molar-refractivity contribution in [3.8, 4) is 5.75 Å². The van der Waals surface area contributed by atoms with Crippen molar-refractivity contribution in [2.45, 2.75) is 32.9 Å². The molecule has 0 amide bonds. The summed E-state index contributed by atoms with van der Waals surface area (Å²) in [7, 11) is 1.68. The zero-order valence-electron chi connectivity index (χ0n) is 16.5.